The van der Waals surface area contributed by atoms with Crippen molar-refractivity contribution >= 4 is 47.3 Å². The largest absolute Gasteiger partial charge is 0.497 e. The molecule has 0 radical (unpaired) electrons. The molecular formula is C39H41N3O11S. The lowest BCUT2D eigenvalue weighted by molar-refractivity contribution is -0.164. The first-order valence-electron chi connectivity index (χ1n) is 17.3. The van der Waals surface area contributed by atoms with Crippen LogP contribution in [-0.2, 0) is 37.1 Å². The highest BCUT2D eigenvalue weighted by atomic mass is 32.2. The molecule has 2 saturated heterocycles. The maximum Gasteiger partial charge on any atom is 0.410 e. The number of carbonyl (C=O) groups excluding carboxylic acids is 4. The van der Waals surface area contributed by atoms with Crippen LogP contribution in [0.15, 0.2) is 83.4 Å². The average Bonchev–Trinajstić information content (AvgIpc) is 3.70. The maximum atomic E-state index is 13.8. The van der Waals surface area contributed by atoms with Crippen LogP contribution < -0.4 is 14.8 Å². The molecule has 0 saturated carbocycles. The summed E-state index contributed by atoms with van der Waals surface area (Å²) in [6.45, 7) is 3.34. The molecule has 0 aliphatic carbocycles. The summed E-state index contributed by atoms with van der Waals surface area (Å²) in [7, 11) is 3.09. The fraction of sp³-hybridized carbons (Fsp3) is 0.359. The lowest BCUT2D eigenvalue weighted by Crippen LogP contribution is -2.63. The molecule has 54 heavy (non-hydrogen) atoms. The third kappa shape index (κ3) is 7.87. The van der Waals surface area contributed by atoms with Crippen LogP contribution in [-0.4, -0.2) is 94.1 Å². The van der Waals surface area contributed by atoms with E-state index < -0.39 is 53.3 Å². The highest BCUT2D eigenvalue weighted by molar-refractivity contribution is 8.03. The predicted octanol–water partition coefficient (Wildman–Crippen LogP) is 4.67. The average molecular weight is 760 g/mol. The van der Waals surface area contributed by atoms with E-state index in [1.54, 1.807) is 75.7 Å². The second-order valence-corrected chi connectivity index (χ2v) is 14.7. The van der Waals surface area contributed by atoms with Crippen molar-refractivity contribution < 1.29 is 53.1 Å². The van der Waals surface area contributed by atoms with Gasteiger partial charge in [-0.05, 0) is 66.9 Å². The summed E-state index contributed by atoms with van der Waals surface area (Å²) >= 11 is 1.29. The second kappa shape index (κ2) is 16.2. The van der Waals surface area contributed by atoms with Crippen molar-refractivity contribution in [1.29, 1.82) is 0 Å². The van der Waals surface area contributed by atoms with Gasteiger partial charge >= 0.3 is 18.0 Å². The van der Waals surface area contributed by atoms with Gasteiger partial charge in [0.05, 0.1) is 37.8 Å². The summed E-state index contributed by atoms with van der Waals surface area (Å²) in [6.07, 6.45) is -1.54. The lowest BCUT2D eigenvalue weighted by Gasteiger charge is -2.46. The fourth-order valence-corrected chi connectivity index (χ4v) is 8.55. The number of thioether (sulfide) groups is 1. The van der Waals surface area contributed by atoms with Crippen LogP contribution in [0.1, 0.15) is 41.8 Å². The number of carbonyl (C=O) groups is 5. The zero-order chi connectivity index (χ0) is 38.7. The Morgan fingerprint density at radius 1 is 0.926 bits per heavy atom. The first-order chi connectivity index (χ1) is 25.9. The van der Waals surface area contributed by atoms with Crippen molar-refractivity contribution in [2.75, 3.05) is 26.1 Å². The third-order valence-electron chi connectivity index (χ3n) is 9.82. The number of amides is 3. The number of ether oxygens (including phenoxy) is 4. The van der Waals surface area contributed by atoms with E-state index >= 15 is 0 Å². The van der Waals surface area contributed by atoms with Gasteiger partial charge in [-0.3, -0.25) is 14.5 Å². The molecule has 6 atom stereocenters. The second-order valence-electron chi connectivity index (χ2n) is 13.3. The minimum atomic E-state index is -1.16. The summed E-state index contributed by atoms with van der Waals surface area (Å²) in [5.41, 5.74) is 1.71. The molecule has 284 valence electrons. The highest BCUT2D eigenvalue weighted by Gasteiger charge is 2.60. The van der Waals surface area contributed by atoms with Crippen molar-refractivity contribution in [3.8, 4) is 11.5 Å². The number of hydrogen-bond donors (Lipinski definition) is 3. The number of carboxylic acid groups (broad SMARTS) is 1. The van der Waals surface area contributed by atoms with Crippen molar-refractivity contribution in [3.63, 3.8) is 0 Å². The molecule has 2 fully saturated rings. The molecule has 0 unspecified atom stereocenters. The Balaban J connectivity index is 1.25. The zero-order valence-electron chi connectivity index (χ0n) is 30.1. The quantitative estimate of drug-likeness (QED) is 0.162. The number of likely N-dealkylation sites (tertiary alicyclic amines) is 1. The van der Waals surface area contributed by atoms with Gasteiger partial charge < -0.3 is 39.4 Å². The number of anilines is 1. The maximum absolute atomic E-state index is 13.8. The van der Waals surface area contributed by atoms with Gasteiger partial charge in [0.1, 0.15) is 36.5 Å². The predicted molar refractivity (Wildman–Crippen MR) is 196 cm³/mol. The van der Waals surface area contributed by atoms with Crippen LogP contribution in [0.4, 0.5) is 10.5 Å². The number of carboxylic acids is 1. The van der Waals surface area contributed by atoms with Gasteiger partial charge in [0, 0.05) is 28.3 Å². The van der Waals surface area contributed by atoms with Crippen LogP contribution in [0.25, 0.3) is 0 Å². The monoisotopic (exact) mass is 759 g/mol. The molecule has 15 heteroatoms. The SMILES string of the molecule is COc1ccc(COC(=O)C2=C(S[C@H]3C[C@@H](C(=O)Nc4cccc(C(=O)O)c4)N(C(=O)OCc4ccc(OC)cc4)C3)[C@H](C)[C@H]3[C@@H]([C@@H](C)O)C(=O)N23)cc1. The number of esters is 1. The Labute approximate surface area is 316 Å². The normalized spacial score (nSPS) is 22.2. The van der Waals surface area contributed by atoms with E-state index in [-0.39, 0.29) is 55.0 Å². The Kier molecular flexibility index (Phi) is 11.5. The topological polar surface area (TPSA) is 181 Å². The number of β-lactam (4-membered cyclic amide) rings is 1. The van der Waals surface area contributed by atoms with Crippen LogP contribution in [0, 0.1) is 11.8 Å². The molecule has 3 amide bonds. The summed E-state index contributed by atoms with van der Waals surface area (Å²) in [4.78, 5) is 69.4. The van der Waals surface area contributed by atoms with Gasteiger partial charge in [0.25, 0.3) is 0 Å². The van der Waals surface area contributed by atoms with Crippen LogP contribution >= 0.6 is 11.8 Å². The van der Waals surface area contributed by atoms with E-state index in [0.29, 0.717) is 27.5 Å². The number of methoxy groups -OCH3 is 2. The van der Waals surface area contributed by atoms with Gasteiger partial charge in [0.15, 0.2) is 0 Å². The van der Waals surface area contributed by atoms with Gasteiger partial charge in [-0.15, -0.1) is 11.8 Å². The fourth-order valence-electron chi connectivity index (χ4n) is 7.03. The molecule has 0 spiro atoms. The molecule has 14 nitrogen and oxygen atoms in total. The number of fused-ring (bicyclic) bond motifs is 1. The molecular weight excluding hydrogens is 719 g/mol. The van der Waals surface area contributed by atoms with E-state index in [0.717, 1.165) is 0 Å². The summed E-state index contributed by atoms with van der Waals surface area (Å²) in [5.74, 6) is -2.60. The van der Waals surface area contributed by atoms with Gasteiger partial charge in [-0.2, -0.15) is 0 Å². The summed E-state index contributed by atoms with van der Waals surface area (Å²) < 4.78 is 21.8. The zero-order valence-corrected chi connectivity index (χ0v) is 30.9. The Bertz CT molecular complexity index is 1950. The summed E-state index contributed by atoms with van der Waals surface area (Å²) in [6, 6.07) is 18.3. The molecule has 6 rings (SSSR count). The number of nitrogens with one attached hydrogen (secondary N) is 1. The highest BCUT2D eigenvalue weighted by Crippen LogP contribution is 2.52. The van der Waals surface area contributed by atoms with Crippen LogP contribution in [0.2, 0.25) is 0 Å². The lowest BCUT2D eigenvalue weighted by atomic mass is 9.79. The van der Waals surface area contributed by atoms with E-state index in [1.807, 2.05) is 6.92 Å². The first-order valence-corrected chi connectivity index (χ1v) is 18.2. The summed E-state index contributed by atoms with van der Waals surface area (Å²) in [5, 5.41) is 22.2. The van der Waals surface area contributed by atoms with Crippen molar-refractivity contribution in [3.05, 3.63) is 100 Å². The molecule has 0 aromatic heterocycles. The third-order valence-corrected chi connectivity index (χ3v) is 11.3. The smallest absolute Gasteiger partial charge is 0.410 e. The molecule has 3 N–H and O–H groups in total. The van der Waals surface area contributed by atoms with E-state index in [1.165, 1.54) is 39.8 Å². The van der Waals surface area contributed by atoms with Crippen molar-refractivity contribution in [2.24, 2.45) is 11.8 Å². The Hall–Kier alpha value is -5.54. The van der Waals surface area contributed by atoms with Gasteiger partial charge in [-0.25, -0.2) is 14.4 Å². The molecule has 3 aromatic rings. The number of hydrogen-bond acceptors (Lipinski definition) is 11. The number of aliphatic hydroxyl groups is 1. The first kappa shape index (κ1) is 38.2. The van der Waals surface area contributed by atoms with Crippen molar-refractivity contribution in [1.82, 2.24) is 9.80 Å². The van der Waals surface area contributed by atoms with E-state index in [9.17, 15) is 34.2 Å². The van der Waals surface area contributed by atoms with Crippen LogP contribution in [0.5, 0.6) is 11.5 Å². The minimum absolute atomic E-state index is 0.0216. The number of aliphatic hydroxyl groups excluding tert-OH is 1. The molecule has 3 aliphatic rings. The number of nitrogens with zero attached hydrogens (tertiary/aromatic N) is 2. The number of aromatic carboxylic acids is 1. The Morgan fingerprint density at radius 2 is 1.54 bits per heavy atom. The molecule has 3 aromatic carbocycles. The molecule has 3 aliphatic heterocycles. The minimum Gasteiger partial charge on any atom is -0.497 e. The standard InChI is InChI=1S/C39H41N3O11S/c1-21-32-31(22(2)43)36(45)42(32)33(38(48)52-19-23-8-12-27(50-3)13-9-23)34(21)54-29-17-30(35(44)40-26-7-5-6-25(16-26)37(46)47)41(18-29)39(49)53-20-24-10-14-28(51-4)15-11-24/h5-16,21-22,29-32,43H,17-20H2,1-4H3,(H,40,44)(H,46,47)/t21-,22-,29+,30+,31-,32+/m1/s1. The van der Waals surface area contributed by atoms with Gasteiger partial charge in [0.2, 0.25) is 11.8 Å². The van der Waals surface area contributed by atoms with E-state index in [4.69, 9.17) is 18.9 Å². The van der Waals surface area contributed by atoms with Crippen LogP contribution in [0.3, 0.4) is 0 Å². The molecule has 0 bridgehead atoms. The number of rotatable bonds is 13. The molecule has 3 heterocycles. The number of benzene rings is 3. The van der Waals surface area contributed by atoms with E-state index in [2.05, 4.69) is 5.32 Å². The van der Waals surface area contributed by atoms with Gasteiger partial charge in [-0.1, -0.05) is 37.3 Å². The Morgan fingerprint density at radius 3 is 2.11 bits per heavy atom. The van der Waals surface area contributed by atoms with Crippen molar-refractivity contribution in [2.45, 2.75) is 56.9 Å².